The number of hydrogen-bond acceptors (Lipinski definition) is 4. The van der Waals surface area contributed by atoms with Crippen molar-refractivity contribution in [3.63, 3.8) is 0 Å². The second-order valence-corrected chi connectivity index (χ2v) is 4.31. The lowest BCUT2D eigenvalue weighted by Crippen LogP contribution is -2.51. The highest BCUT2D eigenvalue weighted by Gasteiger charge is 2.24. The van der Waals surface area contributed by atoms with E-state index in [1.165, 1.54) is 0 Å². The van der Waals surface area contributed by atoms with Crippen LogP contribution in [0.4, 0.5) is 4.79 Å². The zero-order valence-electron chi connectivity index (χ0n) is 11.6. The molecule has 6 heteroatoms. The first-order chi connectivity index (χ1) is 9.19. The standard InChI is InChI=1S/C13H23N3O3/c1-3-6-14-7-5-12(17)15-8-10-16(11-9-15)13(18)19-4-2/h3,14H,1,4-11H2,2H3. The summed E-state index contributed by atoms with van der Waals surface area (Å²) >= 11 is 0. The molecule has 0 atom stereocenters. The Morgan fingerprint density at radius 1 is 1.26 bits per heavy atom. The Balaban J connectivity index is 2.23. The van der Waals surface area contributed by atoms with Crippen LogP contribution in [0.15, 0.2) is 12.7 Å². The van der Waals surface area contributed by atoms with Crippen molar-refractivity contribution in [2.45, 2.75) is 13.3 Å². The molecule has 0 aromatic heterocycles. The molecule has 0 aliphatic carbocycles. The van der Waals surface area contributed by atoms with E-state index in [2.05, 4.69) is 11.9 Å². The van der Waals surface area contributed by atoms with Crippen molar-refractivity contribution in [3.05, 3.63) is 12.7 Å². The molecule has 0 aromatic carbocycles. The van der Waals surface area contributed by atoms with Gasteiger partial charge in [-0.3, -0.25) is 4.79 Å². The molecule has 1 N–H and O–H groups in total. The number of rotatable bonds is 6. The quantitative estimate of drug-likeness (QED) is 0.562. The number of nitrogens with zero attached hydrogens (tertiary/aromatic N) is 2. The van der Waals surface area contributed by atoms with E-state index in [9.17, 15) is 9.59 Å². The van der Waals surface area contributed by atoms with Crippen LogP contribution in [-0.4, -0.2) is 67.7 Å². The van der Waals surface area contributed by atoms with Crippen LogP contribution in [0.1, 0.15) is 13.3 Å². The molecule has 1 aliphatic rings. The molecule has 108 valence electrons. The van der Waals surface area contributed by atoms with Crippen LogP contribution in [0.3, 0.4) is 0 Å². The number of carbonyl (C=O) groups excluding carboxylic acids is 2. The van der Waals surface area contributed by atoms with Crippen molar-refractivity contribution in [2.75, 3.05) is 45.9 Å². The second-order valence-electron chi connectivity index (χ2n) is 4.31. The molecule has 1 heterocycles. The normalized spacial score (nSPS) is 15.2. The molecular weight excluding hydrogens is 246 g/mol. The molecule has 0 unspecified atom stereocenters. The summed E-state index contributed by atoms with van der Waals surface area (Å²) in [5, 5.41) is 3.10. The maximum atomic E-state index is 11.9. The Labute approximate surface area is 114 Å². The van der Waals surface area contributed by atoms with Crippen LogP contribution in [0.25, 0.3) is 0 Å². The van der Waals surface area contributed by atoms with Crippen LogP contribution >= 0.6 is 0 Å². The Bertz CT molecular complexity index is 312. The van der Waals surface area contributed by atoms with Crippen LogP contribution < -0.4 is 5.32 Å². The third-order valence-corrected chi connectivity index (χ3v) is 2.96. The van der Waals surface area contributed by atoms with Crippen LogP contribution in [0, 0.1) is 0 Å². The predicted octanol–water partition coefficient (Wildman–Crippen LogP) is 0.453. The summed E-state index contributed by atoms with van der Waals surface area (Å²) in [7, 11) is 0. The van der Waals surface area contributed by atoms with Gasteiger partial charge in [0.2, 0.25) is 5.91 Å². The number of amides is 2. The molecular formula is C13H23N3O3. The zero-order valence-corrected chi connectivity index (χ0v) is 11.6. The van der Waals surface area contributed by atoms with E-state index in [4.69, 9.17) is 4.74 Å². The summed E-state index contributed by atoms with van der Waals surface area (Å²) in [6, 6.07) is 0. The lowest BCUT2D eigenvalue weighted by Gasteiger charge is -2.34. The van der Waals surface area contributed by atoms with Crippen molar-refractivity contribution in [1.82, 2.24) is 15.1 Å². The first-order valence-corrected chi connectivity index (χ1v) is 6.70. The van der Waals surface area contributed by atoms with E-state index >= 15 is 0 Å². The number of piperazine rings is 1. The number of nitrogens with one attached hydrogen (secondary N) is 1. The molecule has 1 fully saturated rings. The maximum absolute atomic E-state index is 11.9. The molecule has 1 aliphatic heterocycles. The van der Waals surface area contributed by atoms with E-state index in [0.29, 0.717) is 52.3 Å². The monoisotopic (exact) mass is 269 g/mol. The molecule has 6 nitrogen and oxygen atoms in total. The van der Waals surface area contributed by atoms with E-state index < -0.39 is 0 Å². The first kappa shape index (κ1) is 15.5. The number of carbonyl (C=O) groups is 2. The van der Waals surface area contributed by atoms with Gasteiger partial charge in [-0.1, -0.05) is 6.08 Å². The predicted molar refractivity (Wildman–Crippen MR) is 72.9 cm³/mol. The molecule has 0 bridgehead atoms. The fourth-order valence-electron chi connectivity index (χ4n) is 1.91. The Morgan fingerprint density at radius 3 is 2.47 bits per heavy atom. The molecule has 1 saturated heterocycles. The summed E-state index contributed by atoms with van der Waals surface area (Å²) in [5.41, 5.74) is 0. The summed E-state index contributed by atoms with van der Waals surface area (Å²) in [6.45, 7) is 9.39. The minimum atomic E-state index is -0.290. The fourth-order valence-corrected chi connectivity index (χ4v) is 1.91. The summed E-state index contributed by atoms with van der Waals surface area (Å²) in [6.07, 6.45) is 1.96. The van der Waals surface area contributed by atoms with Crippen molar-refractivity contribution < 1.29 is 14.3 Å². The smallest absolute Gasteiger partial charge is 0.409 e. The van der Waals surface area contributed by atoms with Gasteiger partial charge in [0.1, 0.15) is 0 Å². The third kappa shape index (κ3) is 5.30. The van der Waals surface area contributed by atoms with Crippen LogP contribution in [0.2, 0.25) is 0 Å². The number of ether oxygens (including phenoxy) is 1. The topological polar surface area (TPSA) is 61.9 Å². The van der Waals surface area contributed by atoms with E-state index in [0.717, 1.165) is 0 Å². The molecule has 0 radical (unpaired) electrons. The van der Waals surface area contributed by atoms with Crippen LogP contribution in [0.5, 0.6) is 0 Å². The van der Waals surface area contributed by atoms with Gasteiger partial charge < -0.3 is 19.9 Å². The van der Waals surface area contributed by atoms with Crippen molar-refractivity contribution in [2.24, 2.45) is 0 Å². The molecule has 0 saturated carbocycles. The summed E-state index contributed by atoms with van der Waals surface area (Å²) < 4.78 is 4.93. The van der Waals surface area contributed by atoms with Gasteiger partial charge in [-0.25, -0.2) is 4.79 Å². The van der Waals surface area contributed by atoms with Gasteiger partial charge in [-0.2, -0.15) is 0 Å². The van der Waals surface area contributed by atoms with Crippen molar-refractivity contribution in [3.8, 4) is 0 Å². The molecule has 0 spiro atoms. The second kappa shape index (κ2) is 8.53. The Morgan fingerprint density at radius 2 is 1.89 bits per heavy atom. The van der Waals surface area contributed by atoms with Gasteiger partial charge in [0.15, 0.2) is 0 Å². The highest BCUT2D eigenvalue weighted by atomic mass is 16.6. The van der Waals surface area contributed by atoms with Crippen molar-refractivity contribution >= 4 is 12.0 Å². The van der Waals surface area contributed by atoms with Gasteiger partial charge in [0.05, 0.1) is 6.61 Å². The SMILES string of the molecule is C=CCNCCC(=O)N1CCN(C(=O)OCC)CC1. The maximum Gasteiger partial charge on any atom is 0.409 e. The third-order valence-electron chi connectivity index (χ3n) is 2.96. The minimum Gasteiger partial charge on any atom is -0.450 e. The molecule has 1 rings (SSSR count). The first-order valence-electron chi connectivity index (χ1n) is 6.70. The Hall–Kier alpha value is -1.56. The zero-order chi connectivity index (χ0) is 14.1. The average molecular weight is 269 g/mol. The van der Waals surface area contributed by atoms with Gasteiger partial charge in [-0.05, 0) is 6.92 Å². The highest BCUT2D eigenvalue weighted by Crippen LogP contribution is 2.05. The van der Waals surface area contributed by atoms with Gasteiger partial charge in [-0.15, -0.1) is 6.58 Å². The summed E-state index contributed by atoms with van der Waals surface area (Å²) in [4.78, 5) is 26.8. The number of hydrogen-bond donors (Lipinski definition) is 1. The fraction of sp³-hybridized carbons (Fsp3) is 0.692. The molecule has 0 aromatic rings. The average Bonchev–Trinajstić information content (AvgIpc) is 2.44. The largest absolute Gasteiger partial charge is 0.450 e. The van der Waals surface area contributed by atoms with E-state index in [-0.39, 0.29) is 12.0 Å². The van der Waals surface area contributed by atoms with Gasteiger partial charge in [0, 0.05) is 45.7 Å². The van der Waals surface area contributed by atoms with Gasteiger partial charge in [0.25, 0.3) is 0 Å². The van der Waals surface area contributed by atoms with E-state index in [1.54, 1.807) is 22.8 Å². The summed E-state index contributed by atoms with van der Waals surface area (Å²) in [5.74, 6) is 0.125. The van der Waals surface area contributed by atoms with Crippen molar-refractivity contribution in [1.29, 1.82) is 0 Å². The van der Waals surface area contributed by atoms with E-state index in [1.807, 2.05) is 0 Å². The molecule has 2 amide bonds. The lowest BCUT2D eigenvalue weighted by atomic mass is 10.3. The Kier molecular flexibility index (Phi) is 6.95. The van der Waals surface area contributed by atoms with Crippen LogP contribution in [-0.2, 0) is 9.53 Å². The lowest BCUT2D eigenvalue weighted by molar-refractivity contribution is -0.132. The minimum absolute atomic E-state index is 0.125. The molecule has 19 heavy (non-hydrogen) atoms. The highest BCUT2D eigenvalue weighted by molar-refractivity contribution is 5.77. The van der Waals surface area contributed by atoms with Gasteiger partial charge >= 0.3 is 6.09 Å².